The van der Waals surface area contributed by atoms with Gasteiger partial charge in [0.25, 0.3) is 10.2 Å². The second-order valence-electron chi connectivity index (χ2n) is 4.21. The first-order valence-electron chi connectivity index (χ1n) is 6.23. The number of benzene rings is 1. The van der Waals surface area contributed by atoms with E-state index in [9.17, 15) is 12.8 Å². The van der Waals surface area contributed by atoms with Crippen LogP contribution in [0.2, 0.25) is 5.02 Å². The van der Waals surface area contributed by atoms with Gasteiger partial charge in [-0.1, -0.05) is 24.6 Å². The van der Waals surface area contributed by atoms with Crippen molar-refractivity contribution in [1.82, 2.24) is 14.3 Å². The van der Waals surface area contributed by atoms with Crippen LogP contribution in [0.4, 0.5) is 4.39 Å². The Bertz CT molecular complexity index is 523. The Morgan fingerprint density at radius 2 is 2.00 bits per heavy atom. The first kappa shape index (κ1) is 20.6. The van der Waals surface area contributed by atoms with Crippen molar-refractivity contribution in [3.63, 3.8) is 0 Å². The Balaban J connectivity index is 0.00000400. The van der Waals surface area contributed by atoms with Crippen molar-refractivity contribution in [2.75, 3.05) is 26.7 Å². The molecule has 0 saturated heterocycles. The van der Waals surface area contributed by atoms with Crippen molar-refractivity contribution >= 4 is 34.2 Å². The van der Waals surface area contributed by atoms with Crippen molar-refractivity contribution in [2.24, 2.45) is 0 Å². The van der Waals surface area contributed by atoms with Crippen LogP contribution in [0.15, 0.2) is 18.2 Å². The van der Waals surface area contributed by atoms with E-state index >= 15 is 0 Å². The predicted octanol–water partition coefficient (Wildman–Crippen LogP) is 1.78. The first-order chi connectivity index (χ1) is 9.38. The van der Waals surface area contributed by atoms with Gasteiger partial charge in [-0.3, -0.25) is 0 Å². The van der Waals surface area contributed by atoms with Gasteiger partial charge in [0.2, 0.25) is 0 Å². The lowest BCUT2D eigenvalue weighted by Gasteiger charge is -2.18. The zero-order valence-electron chi connectivity index (χ0n) is 11.9. The second-order valence-corrected chi connectivity index (χ2v) is 6.48. The lowest BCUT2D eigenvalue weighted by atomic mass is 10.2. The third-order valence-corrected chi connectivity index (χ3v) is 4.56. The largest absolute Gasteiger partial charge is 0.316 e. The highest BCUT2D eigenvalue weighted by Gasteiger charge is 2.19. The van der Waals surface area contributed by atoms with Crippen LogP contribution in [0.5, 0.6) is 0 Å². The molecule has 0 aliphatic rings. The van der Waals surface area contributed by atoms with Crippen LogP contribution in [-0.4, -0.2) is 39.4 Å². The minimum absolute atomic E-state index is 0. The monoisotopic (exact) mass is 359 g/mol. The van der Waals surface area contributed by atoms with Gasteiger partial charge in [-0.25, -0.2) is 9.11 Å². The van der Waals surface area contributed by atoms with Gasteiger partial charge in [0.05, 0.1) is 0 Å². The zero-order valence-corrected chi connectivity index (χ0v) is 14.3. The fourth-order valence-electron chi connectivity index (χ4n) is 1.55. The quantitative estimate of drug-likeness (QED) is 0.695. The average Bonchev–Trinajstić information content (AvgIpc) is 2.39. The summed E-state index contributed by atoms with van der Waals surface area (Å²) < 4.78 is 41.0. The normalized spacial score (nSPS) is 11.5. The minimum Gasteiger partial charge on any atom is -0.316 e. The molecule has 0 aromatic heterocycles. The Hall–Kier alpha value is -0.440. The Morgan fingerprint density at radius 3 is 2.57 bits per heavy atom. The van der Waals surface area contributed by atoms with Crippen LogP contribution in [0.25, 0.3) is 0 Å². The van der Waals surface area contributed by atoms with Crippen LogP contribution in [0, 0.1) is 5.82 Å². The van der Waals surface area contributed by atoms with Gasteiger partial charge in [-0.05, 0) is 18.7 Å². The van der Waals surface area contributed by atoms with E-state index in [1.54, 1.807) is 0 Å². The average molecular weight is 360 g/mol. The lowest BCUT2D eigenvalue weighted by Crippen LogP contribution is -2.40. The summed E-state index contributed by atoms with van der Waals surface area (Å²) in [5.74, 6) is -0.521. The van der Waals surface area contributed by atoms with Crippen LogP contribution >= 0.6 is 24.0 Å². The molecule has 0 saturated carbocycles. The van der Waals surface area contributed by atoms with Gasteiger partial charge in [0.15, 0.2) is 0 Å². The topological polar surface area (TPSA) is 61.4 Å². The molecule has 9 heteroatoms. The molecule has 0 amide bonds. The fourth-order valence-corrected chi connectivity index (χ4v) is 2.65. The van der Waals surface area contributed by atoms with E-state index in [-0.39, 0.29) is 36.1 Å². The molecule has 0 radical (unpaired) electrons. The van der Waals surface area contributed by atoms with Gasteiger partial charge < -0.3 is 5.32 Å². The molecule has 1 rings (SSSR count). The van der Waals surface area contributed by atoms with E-state index in [0.717, 1.165) is 10.8 Å². The molecule has 21 heavy (non-hydrogen) atoms. The van der Waals surface area contributed by atoms with Gasteiger partial charge in [0.1, 0.15) is 5.82 Å². The maximum absolute atomic E-state index is 13.6. The predicted molar refractivity (Wildman–Crippen MR) is 85.6 cm³/mol. The van der Waals surface area contributed by atoms with Crippen LogP contribution in [0.3, 0.4) is 0 Å². The zero-order chi connectivity index (χ0) is 15.2. The summed E-state index contributed by atoms with van der Waals surface area (Å²) in [6.07, 6.45) is 0. The Labute approximate surface area is 136 Å². The summed E-state index contributed by atoms with van der Waals surface area (Å²) in [6, 6.07) is 4.25. The molecule has 0 fully saturated rings. The molecule has 0 spiro atoms. The highest BCUT2D eigenvalue weighted by Crippen LogP contribution is 2.20. The smallest absolute Gasteiger partial charge is 0.279 e. The van der Waals surface area contributed by atoms with Gasteiger partial charge >= 0.3 is 0 Å². The van der Waals surface area contributed by atoms with Gasteiger partial charge in [-0.2, -0.15) is 12.7 Å². The number of halogens is 3. The maximum Gasteiger partial charge on any atom is 0.279 e. The molecule has 2 N–H and O–H groups in total. The Morgan fingerprint density at radius 1 is 1.33 bits per heavy atom. The molecule has 0 unspecified atom stereocenters. The van der Waals surface area contributed by atoms with E-state index in [0.29, 0.717) is 6.54 Å². The molecule has 5 nitrogen and oxygen atoms in total. The fraction of sp³-hybridized carbons (Fsp3) is 0.500. The molecule has 0 bridgehead atoms. The molecule has 0 aliphatic carbocycles. The number of hydrogen-bond donors (Lipinski definition) is 2. The second kappa shape index (κ2) is 9.55. The highest BCUT2D eigenvalue weighted by molar-refractivity contribution is 7.87. The minimum atomic E-state index is -3.65. The van der Waals surface area contributed by atoms with Crippen molar-refractivity contribution in [1.29, 1.82) is 0 Å². The summed E-state index contributed by atoms with van der Waals surface area (Å²) >= 11 is 5.88. The molecular weight excluding hydrogens is 340 g/mol. The summed E-state index contributed by atoms with van der Waals surface area (Å²) in [4.78, 5) is 0. The van der Waals surface area contributed by atoms with Crippen molar-refractivity contribution in [3.8, 4) is 0 Å². The summed E-state index contributed by atoms with van der Waals surface area (Å²) in [5, 5.41) is 3.21. The number of rotatable bonds is 8. The van der Waals surface area contributed by atoms with Crippen LogP contribution in [0.1, 0.15) is 12.5 Å². The molecular formula is C12H20Cl2FN3O2S. The summed E-state index contributed by atoms with van der Waals surface area (Å²) in [5.41, 5.74) is 0.161. The number of nitrogens with zero attached hydrogens (tertiary/aromatic N) is 1. The lowest BCUT2D eigenvalue weighted by molar-refractivity contribution is 0.445. The highest BCUT2D eigenvalue weighted by atomic mass is 35.5. The van der Waals surface area contributed by atoms with Crippen molar-refractivity contribution in [3.05, 3.63) is 34.6 Å². The summed E-state index contributed by atoms with van der Waals surface area (Å²) in [7, 11) is -2.28. The third kappa shape index (κ3) is 6.46. The number of nitrogens with one attached hydrogen (secondary N) is 2. The van der Waals surface area contributed by atoms with E-state index < -0.39 is 16.0 Å². The van der Waals surface area contributed by atoms with E-state index in [4.69, 9.17) is 11.6 Å². The van der Waals surface area contributed by atoms with Crippen LogP contribution in [-0.2, 0) is 16.8 Å². The van der Waals surface area contributed by atoms with Crippen molar-refractivity contribution < 1.29 is 12.8 Å². The van der Waals surface area contributed by atoms with Gasteiger partial charge in [-0.15, -0.1) is 12.4 Å². The molecule has 1 aromatic rings. The molecule has 0 aliphatic heterocycles. The Kier molecular flexibility index (Phi) is 9.35. The summed E-state index contributed by atoms with van der Waals surface area (Å²) in [6.45, 7) is 3.38. The van der Waals surface area contributed by atoms with E-state index in [1.165, 1.54) is 25.2 Å². The van der Waals surface area contributed by atoms with Gasteiger partial charge in [0, 0.05) is 37.3 Å². The van der Waals surface area contributed by atoms with Crippen molar-refractivity contribution in [2.45, 2.75) is 13.5 Å². The first-order valence-corrected chi connectivity index (χ1v) is 8.04. The molecule has 0 atom stereocenters. The standard InChI is InChI=1S/C12H19ClFN3O2S.ClH/c1-3-15-7-8-16-20(18,19)17(2)9-10-11(13)5-4-6-12(10)14;/h4-6,15-16H,3,7-9H2,1-2H3;1H. The molecule has 1 aromatic carbocycles. The van der Waals surface area contributed by atoms with Crippen LogP contribution < -0.4 is 10.0 Å². The maximum atomic E-state index is 13.6. The van der Waals surface area contributed by atoms with E-state index in [2.05, 4.69) is 10.0 Å². The molecule has 0 heterocycles. The molecule has 122 valence electrons. The number of hydrogen-bond acceptors (Lipinski definition) is 3. The SMILES string of the molecule is CCNCCNS(=O)(=O)N(C)Cc1c(F)cccc1Cl.Cl. The number of likely N-dealkylation sites (N-methyl/N-ethyl adjacent to an activating group) is 1. The van der Waals surface area contributed by atoms with E-state index in [1.807, 2.05) is 6.92 Å². The third-order valence-electron chi connectivity index (χ3n) is 2.69.